The fourth-order valence-corrected chi connectivity index (χ4v) is 1.30. The van der Waals surface area contributed by atoms with Crippen molar-refractivity contribution in [3.63, 3.8) is 0 Å². The average molecular weight is 228 g/mol. The van der Waals surface area contributed by atoms with Crippen LogP contribution < -0.4 is 10.6 Å². The third-order valence-electron chi connectivity index (χ3n) is 2.20. The second-order valence-electron chi connectivity index (χ2n) is 3.48. The highest BCUT2D eigenvalue weighted by Gasteiger charge is 1.98. The van der Waals surface area contributed by atoms with Crippen LogP contribution in [0.15, 0.2) is 52.5 Å². The van der Waals surface area contributed by atoms with E-state index in [4.69, 9.17) is 0 Å². The normalized spacial score (nSPS) is 10.6. The minimum atomic E-state index is -0.246. The van der Waals surface area contributed by atoms with Gasteiger partial charge in [-0.25, -0.2) is 5.10 Å². The number of hydrogen-bond acceptors (Lipinski definition) is 4. The molecule has 0 amide bonds. The summed E-state index contributed by atoms with van der Waals surface area (Å²) in [5.74, 6) is 0. The highest BCUT2D eigenvalue weighted by atomic mass is 16.1. The summed E-state index contributed by atoms with van der Waals surface area (Å²) < 4.78 is 0. The molecule has 1 aromatic heterocycles. The van der Waals surface area contributed by atoms with Crippen molar-refractivity contribution in [3.8, 4) is 0 Å². The van der Waals surface area contributed by atoms with Crippen LogP contribution in [0.3, 0.4) is 0 Å². The van der Waals surface area contributed by atoms with E-state index in [9.17, 15) is 4.79 Å². The number of benzene rings is 1. The first-order valence-electron chi connectivity index (χ1n) is 5.13. The summed E-state index contributed by atoms with van der Waals surface area (Å²) in [5, 5.41) is 11.8. The predicted molar refractivity (Wildman–Crippen MR) is 67.3 cm³/mol. The van der Waals surface area contributed by atoms with E-state index < -0.39 is 0 Å². The van der Waals surface area contributed by atoms with Gasteiger partial charge in [0.25, 0.3) is 5.56 Å². The van der Waals surface area contributed by atoms with Crippen molar-refractivity contribution in [2.45, 2.75) is 0 Å². The Kier molecular flexibility index (Phi) is 3.30. The Morgan fingerprint density at radius 2 is 2.12 bits per heavy atom. The smallest absolute Gasteiger partial charge is 0.266 e. The first kappa shape index (κ1) is 11.1. The lowest BCUT2D eigenvalue weighted by Crippen LogP contribution is -2.14. The molecule has 1 heterocycles. The van der Waals surface area contributed by atoms with Crippen LogP contribution in [0.1, 0.15) is 5.56 Å². The van der Waals surface area contributed by atoms with Gasteiger partial charge in [0.05, 0.1) is 18.1 Å². The van der Waals surface area contributed by atoms with Crippen LogP contribution in [0.5, 0.6) is 0 Å². The second-order valence-corrected chi connectivity index (χ2v) is 3.48. The number of aromatic amines is 1. The number of nitrogens with one attached hydrogen (secondary N) is 1. The number of anilines is 1. The van der Waals surface area contributed by atoms with Gasteiger partial charge in [0, 0.05) is 13.1 Å². The summed E-state index contributed by atoms with van der Waals surface area (Å²) in [5.41, 5.74) is 1.39. The summed E-state index contributed by atoms with van der Waals surface area (Å²) in [6, 6.07) is 11.2. The molecule has 0 unspecified atom stereocenters. The summed E-state index contributed by atoms with van der Waals surface area (Å²) in [7, 11) is 1.76. The maximum absolute atomic E-state index is 11.1. The van der Waals surface area contributed by atoms with Crippen molar-refractivity contribution in [3.05, 3.63) is 58.5 Å². The Morgan fingerprint density at radius 1 is 1.35 bits per heavy atom. The van der Waals surface area contributed by atoms with Crippen molar-refractivity contribution in [2.24, 2.45) is 5.10 Å². The summed E-state index contributed by atoms with van der Waals surface area (Å²) >= 11 is 0. The monoisotopic (exact) mass is 228 g/mol. The number of H-pyrrole nitrogens is 1. The van der Waals surface area contributed by atoms with E-state index in [0.717, 1.165) is 5.56 Å². The zero-order valence-corrected chi connectivity index (χ0v) is 9.37. The molecule has 0 spiro atoms. The lowest BCUT2D eigenvalue weighted by Gasteiger charge is -2.10. The zero-order valence-electron chi connectivity index (χ0n) is 9.37. The lowest BCUT2D eigenvalue weighted by atomic mass is 10.2. The van der Waals surface area contributed by atoms with Gasteiger partial charge in [-0.2, -0.15) is 10.2 Å². The van der Waals surface area contributed by atoms with Gasteiger partial charge in [0.1, 0.15) is 0 Å². The molecule has 0 saturated heterocycles. The first-order valence-corrected chi connectivity index (χ1v) is 5.13. The average Bonchev–Trinajstić information content (AvgIpc) is 2.37. The van der Waals surface area contributed by atoms with Gasteiger partial charge in [0.15, 0.2) is 0 Å². The van der Waals surface area contributed by atoms with Gasteiger partial charge in [0.2, 0.25) is 0 Å². The highest BCUT2D eigenvalue weighted by molar-refractivity contribution is 5.80. The molecule has 86 valence electrons. The Morgan fingerprint density at radius 3 is 2.82 bits per heavy atom. The molecule has 5 nitrogen and oxygen atoms in total. The van der Waals surface area contributed by atoms with Gasteiger partial charge < -0.3 is 0 Å². The second kappa shape index (κ2) is 5.07. The lowest BCUT2D eigenvalue weighted by molar-refractivity contribution is 0.944. The molecule has 0 aliphatic heterocycles. The minimum absolute atomic E-state index is 0.246. The van der Waals surface area contributed by atoms with Gasteiger partial charge in [-0.05, 0) is 5.56 Å². The summed E-state index contributed by atoms with van der Waals surface area (Å²) in [4.78, 5) is 11.1. The SMILES string of the molecule is CN(/N=C\c1ccccc1)c1cn[nH]c(=O)c1. The molecule has 5 heteroatoms. The molecule has 1 aromatic carbocycles. The Labute approximate surface area is 98.4 Å². The molecule has 0 bridgehead atoms. The number of rotatable bonds is 3. The number of hydrazone groups is 1. The van der Waals surface area contributed by atoms with Crippen molar-refractivity contribution < 1.29 is 0 Å². The van der Waals surface area contributed by atoms with Crippen LogP contribution in [0, 0.1) is 0 Å². The molecule has 0 atom stereocenters. The van der Waals surface area contributed by atoms with Crippen LogP contribution in [0.25, 0.3) is 0 Å². The third-order valence-corrected chi connectivity index (χ3v) is 2.20. The maximum Gasteiger partial charge on any atom is 0.266 e. The van der Waals surface area contributed by atoms with Crippen LogP contribution in [-0.2, 0) is 0 Å². The highest BCUT2D eigenvalue weighted by Crippen LogP contribution is 2.06. The largest absolute Gasteiger partial charge is 0.268 e. The van der Waals surface area contributed by atoms with Gasteiger partial charge >= 0.3 is 0 Å². The molecule has 2 aromatic rings. The molecule has 1 N–H and O–H groups in total. The van der Waals surface area contributed by atoms with E-state index in [1.165, 1.54) is 6.07 Å². The predicted octanol–water partition coefficient (Wildman–Crippen LogP) is 1.24. The van der Waals surface area contributed by atoms with Crippen molar-refractivity contribution >= 4 is 11.9 Å². The number of aromatic nitrogens is 2. The Hall–Kier alpha value is -2.43. The fourth-order valence-electron chi connectivity index (χ4n) is 1.30. The quantitative estimate of drug-likeness (QED) is 0.635. The Balaban J connectivity index is 2.14. The Bertz CT molecular complexity index is 562. The molecule has 0 saturated carbocycles. The van der Waals surface area contributed by atoms with Gasteiger partial charge in [-0.3, -0.25) is 9.80 Å². The molecule has 0 aliphatic rings. The van der Waals surface area contributed by atoms with Crippen LogP contribution in [0.4, 0.5) is 5.69 Å². The summed E-state index contributed by atoms with van der Waals surface area (Å²) in [6.45, 7) is 0. The minimum Gasteiger partial charge on any atom is -0.268 e. The van der Waals surface area contributed by atoms with E-state index in [1.54, 1.807) is 24.5 Å². The van der Waals surface area contributed by atoms with Crippen molar-refractivity contribution in [1.29, 1.82) is 0 Å². The molecule has 0 aliphatic carbocycles. The zero-order chi connectivity index (χ0) is 12.1. The van der Waals surface area contributed by atoms with Crippen molar-refractivity contribution in [2.75, 3.05) is 12.1 Å². The van der Waals surface area contributed by atoms with E-state index >= 15 is 0 Å². The number of nitrogens with zero attached hydrogens (tertiary/aromatic N) is 3. The molecule has 17 heavy (non-hydrogen) atoms. The molecule has 0 fully saturated rings. The van der Waals surface area contributed by atoms with Gasteiger partial charge in [-0.1, -0.05) is 30.3 Å². The van der Waals surface area contributed by atoms with Crippen LogP contribution in [-0.4, -0.2) is 23.5 Å². The van der Waals surface area contributed by atoms with Crippen molar-refractivity contribution in [1.82, 2.24) is 10.2 Å². The number of hydrogen-bond donors (Lipinski definition) is 1. The van der Waals surface area contributed by atoms with E-state index in [1.807, 2.05) is 30.3 Å². The first-order chi connectivity index (χ1) is 8.25. The van der Waals surface area contributed by atoms with E-state index in [-0.39, 0.29) is 5.56 Å². The van der Waals surface area contributed by atoms with E-state index in [0.29, 0.717) is 5.69 Å². The van der Waals surface area contributed by atoms with E-state index in [2.05, 4.69) is 15.3 Å². The molecular weight excluding hydrogens is 216 g/mol. The van der Waals surface area contributed by atoms with Gasteiger partial charge in [-0.15, -0.1) is 0 Å². The molecular formula is C12H12N4O. The fraction of sp³-hybridized carbons (Fsp3) is 0.0833. The maximum atomic E-state index is 11.1. The standard InChI is InChI=1S/C12H12N4O/c1-16(11-7-12(17)15-13-9-11)14-8-10-5-3-2-4-6-10/h2-9H,1H3,(H,15,17)/b14-8-. The molecule has 2 rings (SSSR count). The van der Waals surface area contributed by atoms with Crippen LogP contribution in [0.2, 0.25) is 0 Å². The topological polar surface area (TPSA) is 61.4 Å². The van der Waals surface area contributed by atoms with Crippen LogP contribution >= 0.6 is 0 Å². The molecule has 0 radical (unpaired) electrons. The summed E-state index contributed by atoms with van der Waals surface area (Å²) in [6.07, 6.45) is 3.27. The third kappa shape index (κ3) is 3.01.